The van der Waals surface area contributed by atoms with Crippen molar-refractivity contribution in [3.8, 4) is 0 Å². The van der Waals surface area contributed by atoms with Crippen LogP contribution in [0.4, 0.5) is 18.9 Å². The van der Waals surface area contributed by atoms with Crippen LogP contribution in [0, 0.1) is 0 Å². The standard InChI is InChI=1S/C25H21F3N4O3/c1-35-14-21-31-22-18(23(29)33)11-16(12-20(22)32(21)13-15-7-3-2-4-8-15)30-24(34)17-9-5-6-10-19(17)25(26,27)28/h2-12H,13-14H2,1H3,(H2,29,33)(H,30,34). The monoisotopic (exact) mass is 482 g/mol. The molecule has 0 spiro atoms. The molecule has 0 fully saturated rings. The number of hydrogen-bond acceptors (Lipinski definition) is 4. The number of ether oxygens (including phenoxy) is 1. The second kappa shape index (κ2) is 9.59. The molecule has 4 rings (SSSR count). The number of nitrogens with one attached hydrogen (secondary N) is 1. The van der Waals surface area contributed by atoms with Crippen LogP contribution in [0.25, 0.3) is 11.0 Å². The van der Waals surface area contributed by atoms with Crippen molar-refractivity contribution in [3.63, 3.8) is 0 Å². The number of nitrogens with zero attached hydrogens (tertiary/aromatic N) is 2. The van der Waals surface area contributed by atoms with Gasteiger partial charge in [-0.1, -0.05) is 42.5 Å². The number of benzene rings is 3. The van der Waals surface area contributed by atoms with E-state index in [1.165, 1.54) is 25.3 Å². The molecule has 0 unspecified atom stereocenters. The van der Waals surface area contributed by atoms with Crippen molar-refractivity contribution in [2.45, 2.75) is 19.3 Å². The molecule has 3 N–H and O–H groups in total. The molecule has 0 atom stereocenters. The first-order valence-electron chi connectivity index (χ1n) is 10.5. The highest BCUT2D eigenvalue weighted by atomic mass is 19.4. The molecular formula is C25H21F3N4O3. The molecule has 0 radical (unpaired) electrons. The fourth-order valence-electron chi connectivity index (χ4n) is 3.84. The largest absolute Gasteiger partial charge is 0.417 e. The predicted molar refractivity (Wildman–Crippen MR) is 124 cm³/mol. The second-order valence-corrected chi connectivity index (χ2v) is 7.79. The molecule has 180 valence electrons. The van der Waals surface area contributed by atoms with Crippen LogP contribution in [0.5, 0.6) is 0 Å². The fourth-order valence-corrected chi connectivity index (χ4v) is 3.84. The number of anilines is 1. The number of imidazole rings is 1. The zero-order valence-electron chi connectivity index (χ0n) is 18.6. The van der Waals surface area contributed by atoms with Crippen LogP contribution in [0.15, 0.2) is 66.7 Å². The minimum Gasteiger partial charge on any atom is -0.377 e. The van der Waals surface area contributed by atoms with Gasteiger partial charge in [-0.15, -0.1) is 0 Å². The maximum atomic E-state index is 13.4. The highest BCUT2D eigenvalue weighted by Crippen LogP contribution is 2.33. The molecule has 0 aliphatic carbocycles. The van der Waals surface area contributed by atoms with Gasteiger partial charge >= 0.3 is 6.18 Å². The van der Waals surface area contributed by atoms with Crippen LogP contribution < -0.4 is 11.1 Å². The Kier molecular flexibility index (Phi) is 6.57. The van der Waals surface area contributed by atoms with E-state index in [1.54, 1.807) is 10.6 Å². The summed E-state index contributed by atoms with van der Waals surface area (Å²) in [6, 6.07) is 16.8. The summed E-state index contributed by atoms with van der Waals surface area (Å²) in [5, 5.41) is 2.47. The normalized spacial score (nSPS) is 11.5. The van der Waals surface area contributed by atoms with Crippen molar-refractivity contribution in [2.75, 3.05) is 12.4 Å². The average Bonchev–Trinajstić information content (AvgIpc) is 3.15. The Labute approximate surface area is 198 Å². The van der Waals surface area contributed by atoms with Gasteiger partial charge in [0.15, 0.2) is 0 Å². The molecule has 2 amide bonds. The van der Waals surface area contributed by atoms with Crippen LogP contribution in [-0.2, 0) is 24.1 Å². The summed E-state index contributed by atoms with van der Waals surface area (Å²) in [5.74, 6) is -1.26. The number of halogens is 3. The van der Waals surface area contributed by atoms with Gasteiger partial charge in [0.25, 0.3) is 11.8 Å². The van der Waals surface area contributed by atoms with Crippen LogP contribution in [-0.4, -0.2) is 28.5 Å². The van der Waals surface area contributed by atoms with E-state index in [0.29, 0.717) is 23.4 Å². The van der Waals surface area contributed by atoms with E-state index in [-0.39, 0.29) is 17.9 Å². The van der Waals surface area contributed by atoms with Crippen molar-refractivity contribution in [1.82, 2.24) is 9.55 Å². The van der Waals surface area contributed by atoms with E-state index in [9.17, 15) is 22.8 Å². The molecular weight excluding hydrogens is 461 g/mol. The summed E-state index contributed by atoms with van der Waals surface area (Å²) < 4.78 is 47.3. The smallest absolute Gasteiger partial charge is 0.377 e. The number of carbonyl (C=O) groups excluding carboxylic acids is 2. The number of aromatic nitrogens is 2. The molecule has 1 aromatic heterocycles. The minimum atomic E-state index is -4.71. The summed E-state index contributed by atoms with van der Waals surface area (Å²) in [4.78, 5) is 29.6. The molecule has 3 aromatic carbocycles. The van der Waals surface area contributed by atoms with E-state index < -0.39 is 29.1 Å². The first-order valence-corrected chi connectivity index (χ1v) is 10.5. The number of methoxy groups -OCH3 is 1. The SMILES string of the molecule is COCc1nc2c(C(N)=O)cc(NC(=O)c3ccccc3C(F)(F)F)cc2n1Cc1ccccc1. The number of amides is 2. The minimum absolute atomic E-state index is 0.0195. The Morgan fingerprint density at radius 2 is 1.71 bits per heavy atom. The highest BCUT2D eigenvalue weighted by Gasteiger charge is 2.35. The maximum absolute atomic E-state index is 13.4. The Balaban J connectivity index is 1.82. The number of rotatable bonds is 7. The Hall–Kier alpha value is -4.18. The molecule has 10 heteroatoms. The number of carbonyl (C=O) groups is 2. The van der Waals surface area contributed by atoms with Gasteiger partial charge in [0.1, 0.15) is 17.9 Å². The predicted octanol–water partition coefficient (Wildman–Crippen LogP) is 4.60. The molecule has 7 nitrogen and oxygen atoms in total. The lowest BCUT2D eigenvalue weighted by atomic mass is 10.1. The van der Waals surface area contributed by atoms with Crippen LogP contribution in [0.3, 0.4) is 0 Å². The lowest BCUT2D eigenvalue weighted by Gasteiger charge is -2.14. The van der Waals surface area contributed by atoms with Crippen molar-refractivity contribution in [3.05, 3.63) is 94.8 Å². The van der Waals surface area contributed by atoms with Gasteiger partial charge in [-0.3, -0.25) is 9.59 Å². The van der Waals surface area contributed by atoms with Gasteiger partial charge < -0.3 is 20.4 Å². The van der Waals surface area contributed by atoms with Crippen LogP contribution in [0.1, 0.15) is 37.7 Å². The first kappa shape index (κ1) is 24.0. The Morgan fingerprint density at radius 1 is 1.03 bits per heavy atom. The number of nitrogens with two attached hydrogens (primary N) is 1. The number of alkyl halides is 3. The zero-order chi connectivity index (χ0) is 25.2. The van der Waals surface area contributed by atoms with Gasteiger partial charge in [-0.2, -0.15) is 13.2 Å². The number of fused-ring (bicyclic) bond motifs is 1. The number of primary amides is 1. The second-order valence-electron chi connectivity index (χ2n) is 7.79. The molecule has 4 aromatic rings. The first-order chi connectivity index (χ1) is 16.7. The van der Waals surface area contributed by atoms with E-state index in [0.717, 1.165) is 17.7 Å². The molecule has 0 bridgehead atoms. The summed E-state index contributed by atoms with van der Waals surface area (Å²) in [6.45, 7) is 0.517. The summed E-state index contributed by atoms with van der Waals surface area (Å²) >= 11 is 0. The van der Waals surface area contributed by atoms with E-state index in [4.69, 9.17) is 10.5 Å². The van der Waals surface area contributed by atoms with Crippen molar-refractivity contribution in [2.24, 2.45) is 5.73 Å². The van der Waals surface area contributed by atoms with E-state index >= 15 is 0 Å². The van der Waals surface area contributed by atoms with Crippen molar-refractivity contribution in [1.29, 1.82) is 0 Å². The summed E-state index contributed by atoms with van der Waals surface area (Å²) in [6.07, 6.45) is -4.71. The quantitative estimate of drug-likeness (QED) is 0.402. The molecule has 1 heterocycles. The third-order valence-electron chi connectivity index (χ3n) is 5.39. The third-order valence-corrected chi connectivity index (χ3v) is 5.39. The highest BCUT2D eigenvalue weighted by molar-refractivity contribution is 6.09. The molecule has 0 saturated heterocycles. The van der Waals surface area contributed by atoms with Crippen LogP contribution in [0.2, 0.25) is 0 Å². The number of hydrogen-bond donors (Lipinski definition) is 2. The molecule has 0 aliphatic heterocycles. The third kappa shape index (κ3) is 5.02. The Morgan fingerprint density at radius 3 is 2.37 bits per heavy atom. The molecule has 35 heavy (non-hydrogen) atoms. The van der Waals surface area contributed by atoms with Gasteiger partial charge in [0.05, 0.1) is 22.2 Å². The lowest BCUT2D eigenvalue weighted by molar-refractivity contribution is -0.137. The topological polar surface area (TPSA) is 99.2 Å². The summed E-state index contributed by atoms with van der Waals surface area (Å²) in [5.41, 5.74) is 5.80. The average molecular weight is 482 g/mol. The fraction of sp³-hybridized carbons (Fsp3) is 0.160. The van der Waals surface area contributed by atoms with Gasteiger partial charge in [-0.25, -0.2) is 4.98 Å². The maximum Gasteiger partial charge on any atom is 0.417 e. The van der Waals surface area contributed by atoms with E-state index in [1.807, 2.05) is 30.3 Å². The van der Waals surface area contributed by atoms with Crippen molar-refractivity contribution < 1.29 is 27.5 Å². The van der Waals surface area contributed by atoms with Gasteiger partial charge in [-0.05, 0) is 29.8 Å². The van der Waals surface area contributed by atoms with E-state index in [2.05, 4.69) is 10.3 Å². The molecule has 0 saturated carbocycles. The van der Waals surface area contributed by atoms with Crippen LogP contribution >= 0.6 is 0 Å². The van der Waals surface area contributed by atoms with Gasteiger partial charge in [0.2, 0.25) is 0 Å². The zero-order valence-corrected chi connectivity index (χ0v) is 18.6. The Bertz CT molecular complexity index is 1400. The lowest BCUT2D eigenvalue weighted by Crippen LogP contribution is -2.19. The summed E-state index contributed by atoms with van der Waals surface area (Å²) in [7, 11) is 1.50. The molecule has 0 aliphatic rings. The van der Waals surface area contributed by atoms with Gasteiger partial charge in [0, 0.05) is 19.3 Å². The van der Waals surface area contributed by atoms with Crippen molar-refractivity contribution >= 4 is 28.5 Å².